The third kappa shape index (κ3) is 4.93. The molecule has 0 heterocycles. The summed E-state index contributed by atoms with van der Waals surface area (Å²) in [7, 11) is 2.64. The molecule has 0 aliphatic rings. The van der Waals surface area contributed by atoms with Crippen LogP contribution >= 0.6 is 0 Å². The Morgan fingerprint density at radius 2 is 1.71 bits per heavy atom. The molecular formula is C12H12F5N3O. The van der Waals surface area contributed by atoms with Gasteiger partial charge in [0.15, 0.2) is 0 Å². The Morgan fingerprint density at radius 1 is 1.19 bits per heavy atom. The summed E-state index contributed by atoms with van der Waals surface area (Å²) < 4.78 is 64.5. The van der Waals surface area contributed by atoms with Crippen molar-refractivity contribution in [1.29, 1.82) is 0 Å². The molecule has 0 aliphatic heterocycles. The van der Waals surface area contributed by atoms with E-state index >= 15 is 0 Å². The summed E-state index contributed by atoms with van der Waals surface area (Å²) in [6.45, 7) is 0. The van der Waals surface area contributed by atoms with Crippen LogP contribution in [0.4, 0.5) is 32.4 Å². The van der Waals surface area contributed by atoms with Crippen molar-refractivity contribution in [2.45, 2.75) is 6.18 Å². The number of carbonyl (C=O) groups excluding carboxylic acids is 1. The predicted molar refractivity (Wildman–Crippen MR) is 66.3 cm³/mol. The first-order chi connectivity index (χ1) is 9.61. The number of hydrogen-bond acceptors (Lipinski definition) is 2. The van der Waals surface area contributed by atoms with Gasteiger partial charge in [-0.25, -0.2) is 13.6 Å². The summed E-state index contributed by atoms with van der Waals surface area (Å²) in [6, 6.07) is 1.36. The molecule has 0 spiro atoms. The highest BCUT2D eigenvalue weighted by molar-refractivity contribution is 5.90. The molecule has 0 bridgehead atoms. The van der Waals surface area contributed by atoms with E-state index in [1.165, 1.54) is 19.4 Å². The van der Waals surface area contributed by atoms with E-state index in [0.29, 0.717) is 6.20 Å². The molecule has 0 fully saturated rings. The Labute approximate surface area is 117 Å². The lowest BCUT2D eigenvalue weighted by molar-refractivity contribution is -0.0963. The molecule has 0 saturated carbocycles. The lowest BCUT2D eigenvalue weighted by atomic mass is 10.3. The minimum Gasteiger partial charge on any atom is -0.382 e. The number of nitrogens with zero attached hydrogens (tertiary/aromatic N) is 1. The maximum atomic E-state index is 13.3. The van der Waals surface area contributed by atoms with Crippen LogP contribution in [0.2, 0.25) is 0 Å². The molecule has 0 radical (unpaired) electrons. The van der Waals surface area contributed by atoms with Gasteiger partial charge in [0.1, 0.15) is 23.0 Å². The number of carbonyl (C=O) groups is 1. The second kappa shape index (κ2) is 6.42. The Morgan fingerprint density at radius 3 is 2.14 bits per heavy atom. The average molecular weight is 309 g/mol. The van der Waals surface area contributed by atoms with Crippen molar-refractivity contribution in [3.8, 4) is 0 Å². The van der Waals surface area contributed by atoms with Gasteiger partial charge in [0, 0.05) is 20.3 Å². The molecule has 2 amide bonds. The summed E-state index contributed by atoms with van der Waals surface area (Å²) in [5, 5.41) is 3.20. The molecule has 0 aliphatic carbocycles. The number of amides is 2. The first-order valence-electron chi connectivity index (χ1n) is 5.58. The summed E-state index contributed by atoms with van der Waals surface area (Å²) in [4.78, 5) is 12.5. The number of alkyl halides is 3. The van der Waals surface area contributed by atoms with Crippen LogP contribution in [0.25, 0.3) is 0 Å². The number of rotatable bonds is 3. The van der Waals surface area contributed by atoms with Crippen LogP contribution in [0.15, 0.2) is 30.1 Å². The molecule has 0 saturated heterocycles. The van der Waals surface area contributed by atoms with Crippen molar-refractivity contribution in [2.75, 3.05) is 19.4 Å². The standard InChI is InChI=1S/C12H12F5N3O/c1-20(2)6-9(12(15,16)17)18-11(21)19-10-7(13)4-3-5-8(10)14/h3-6H,1-2H3,(H2,18,19,21). The average Bonchev–Trinajstić information content (AvgIpc) is 2.31. The lowest BCUT2D eigenvalue weighted by Crippen LogP contribution is -2.36. The van der Waals surface area contributed by atoms with Crippen molar-refractivity contribution < 1.29 is 26.7 Å². The van der Waals surface area contributed by atoms with Gasteiger partial charge in [-0.05, 0) is 12.1 Å². The maximum absolute atomic E-state index is 13.3. The highest BCUT2D eigenvalue weighted by atomic mass is 19.4. The highest BCUT2D eigenvalue weighted by Crippen LogP contribution is 2.24. The Hall–Kier alpha value is -2.32. The Balaban J connectivity index is 2.90. The molecular weight excluding hydrogens is 297 g/mol. The molecule has 2 N–H and O–H groups in total. The molecule has 0 unspecified atom stereocenters. The number of nitrogens with one attached hydrogen (secondary N) is 2. The van der Waals surface area contributed by atoms with Crippen LogP contribution in [0, 0.1) is 11.6 Å². The summed E-state index contributed by atoms with van der Waals surface area (Å²) in [6.07, 6.45) is -4.20. The molecule has 1 rings (SSSR count). The molecule has 4 nitrogen and oxygen atoms in total. The highest BCUT2D eigenvalue weighted by Gasteiger charge is 2.35. The Bertz CT molecular complexity index is 534. The molecule has 0 atom stereocenters. The fraction of sp³-hybridized carbons (Fsp3) is 0.250. The molecule has 116 valence electrons. The van der Waals surface area contributed by atoms with E-state index in [-0.39, 0.29) is 0 Å². The molecule has 21 heavy (non-hydrogen) atoms. The predicted octanol–water partition coefficient (Wildman–Crippen LogP) is 3.05. The van der Waals surface area contributed by atoms with Gasteiger partial charge in [-0.2, -0.15) is 13.2 Å². The van der Waals surface area contributed by atoms with Gasteiger partial charge in [-0.1, -0.05) is 6.07 Å². The third-order valence-electron chi connectivity index (χ3n) is 2.14. The van der Waals surface area contributed by atoms with Crippen molar-refractivity contribution >= 4 is 11.7 Å². The SMILES string of the molecule is CN(C)C=C(NC(=O)Nc1c(F)cccc1F)C(F)(F)F. The van der Waals surface area contributed by atoms with E-state index < -0.39 is 35.2 Å². The van der Waals surface area contributed by atoms with Crippen molar-refractivity contribution in [2.24, 2.45) is 0 Å². The van der Waals surface area contributed by atoms with Crippen LogP contribution in [0.5, 0.6) is 0 Å². The maximum Gasteiger partial charge on any atom is 0.432 e. The van der Waals surface area contributed by atoms with Gasteiger partial charge >= 0.3 is 12.2 Å². The number of allylic oxidation sites excluding steroid dienone is 1. The Kier molecular flexibility index (Phi) is 5.12. The van der Waals surface area contributed by atoms with Crippen LogP contribution in [0.1, 0.15) is 0 Å². The van der Waals surface area contributed by atoms with Gasteiger partial charge in [0.2, 0.25) is 0 Å². The van der Waals surface area contributed by atoms with Gasteiger partial charge in [-0.3, -0.25) is 0 Å². The van der Waals surface area contributed by atoms with Gasteiger partial charge in [0.05, 0.1) is 0 Å². The second-order valence-electron chi connectivity index (χ2n) is 4.18. The number of benzene rings is 1. The topological polar surface area (TPSA) is 44.4 Å². The van der Waals surface area contributed by atoms with Crippen LogP contribution in [0.3, 0.4) is 0 Å². The van der Waals surface area contributed by atoms with E-state index in [1.54, 1.807) is 5.32 Å². The summed E-state index contributed by atoms with van der Waals surface area (Å²) >= 11 is 0. The van der Waals surface area contributed by atoms with Crippen molar-refractivity contribution in [3.63, 3.8) is 0 Å². The quantitative estimate of drug-likeness (QED) is 0.843. The monoisotopic (exact) mass is 309 g/mol. The third-order valence-corrected chi connectivity index (χ3v) is 2.14. The van der Waals surface area contributed by atoms with E-state index in [2.05, 4.69) is 0 Å². The fourth-order valence-electron chi connectivity index (χ4n) is 1.32. The van der Waals surface area contributed by atoms with Crippen molar-refractivity contribution in [1.82, 2.24) is 10.2 Å². The summed E-state index contributed by atoms with van der Waals surface area (Å²) in [5.74, 6) is -2.20. The number of halogens is 5. The van der Waals surface area contributed by atoms with E-state index in [4.69, 9.17) is 0 Å². The van der Waals surface area contributed by atoms with Crippen LogP contribution in [-0.4, -0.2) is 31.2 Å². The fourth-order valence-corrected chi connectivity index (χ4v) is 1.32. The number of anilines is 1. The van der Waals surface area contributed by atoms with Gasteiger partial charge in [0.25, 0.3) is 0 Å². The molecule has 1 aromatic rings. The van der Waals surface area contributed by atoms with Crippen LogP contribution in [-0.2, 0) is 0 Å². The lowest BCUT2D eigenvalue weighted by Gasteiger charge is -2.16. The zero-order chi connectivity index (χ0) is 16.2. The molecule has 1 aromatic carbocycles. The number of hydrogen-bond donors (Lipinski definition) is 2. The van der Waals surface area contributed by atoms with Gasteiger partial charge in [-0.15, -0.1) is 0 Å². The number of para-hydroxylation sites is 1. The first kappa shape index (κ1) is 16.7. The molecule has 0 aromatic heterocycles. The summed E-state index contributed by atoms with van der Waals surface area (Å²) in [5.41, 5.74) is -2.21. The van der Waals surface area contributed by atoms with Crippen molar-refractivity contribution in [3.05, 3.63) is 41.7 Å². The van der Waals surface area contributed by atoms with Crippen LogP contribution < -0.4 is 10.6 Å². The van der Waals surface area contributed by atoms with E-state index in [9.17, 15) is 26.7 Å². The van der Waals surface area contributed by atoms with E-state index in [0.717, 1.165) is 23.1 Å². The smallest absolute Gasteiger partial charge is 0.382 e. The van der Waals surface area contributed by atoms with Gasteiger partial charge < -0.3 is 15.5 Å². The zero-order valence-electron chi connectivity index (χ0n) is 11.1. The minimum atomic E-state index is -4.82. The first-order valence-corrected chi connectivity index (χ1v) is 5.58. The zero-order valence-corrected chi connectivity index (χ0v) is 11.1. The number of urea groups is 1. The largest absolute Gasteiger partial charge is 0.432 e. The second-order valence-corrected chi connectivity index (χ2v) is 4.18. The molecule has 9 heteroatoms. The van der Waals surface area contributed by atoms with E-state index in [1.807, 2.05) is 0 Å². The normalized spacial score (nSPS) is 12.0. The minimum absolute atomic E-state index is 0.622.